The Hall–Kier alpha value is -2.21. The number of halogens is 1. The lowest BCUT2D eigenvalue weighted by Crippen LogP contribution is -2.36. The lowest BCUT2D eigenvalue weighted by Gasteiger charge is -2.24. The van der Waals surface area contributed by atoms with Gasteiger partial charge in [0.05, 0.1) is 17.8 Å². The minimum atomic E-state index is -0.334. The molecule has 2 atom stereocenters. The molecule has 5 nitrogen and oxygen atoms in total. The van der Waals surface area contributed by atoms with Crippen LogP contribution in [0.4, 0.5) is 4.39 Å². The van der Waals surface area contributed by atoms with E-state index in [1.54, 1.807) is 26.0 Å². The molecule has 1 N–H and O–H groups in total. The van der Waals surface area contributed by atoms with Crippen molar-refractivity contribution in [2.75, 3.05) is 6.61 Å². The molecule has 3 rings (SSSR count). The topological polar surface area (TPSA) is 64.4 Å². The van der Waals surface area contributed by atoms with Gasteiger partial charge in [0, 0.05) is 6.61 Å². The van der Waals surface area contributed by atoms with Gasteiger partial charge in [-0.05, 0) is 44.4 Å². The zero-order valence-electron chi connectivity index (χ0n) is 13.1. The van der Waals surface area contributed by atoms with Crippen LogP contribution in [0.1, 0.15) is 46.3 Å². The van der Waals surface area contributed by atoms with E-state index in [2.05, 4.69) is 10.5 Å². The summed E-state index contributed by atoms with van der Waals surface area (Å²) >= 11 is 0. The molecule has 0 saturated carbocycles. The molecule has 6 heteroatoms. The van der Waals surface area contributed by atoms with Crippen LogP contribution >= 0.6 is 0 Å². The third kappa shape index (κ3) is 3.27. The Morgan fingerprint density at radius 2 is 2.09 bits per heavy atom. The van der Waals surface area contributed by atoms with Crippen LogP contribution in [-0.2, 0) is 4.74 Å². The number of carbonyl (C=O) groups excluding carboxylic acids is 1. The second kappa shape index (κ2) is 6.50. The van der Waals surface area contributed by atoms with Crippen molar-refractivity contribution in [2.24, 2.45) is 0 Å². The van der Waals surface area contributed by atoms with Crippen LogP contribution in [0, 0.1) is 19.7 Å². The molecule has 2 heterocycles. The van der Waals surface area contributed by atoms with Gasteiger partial charge in [-0.2, -0.15) is 0 Å². The first-order valence-corrected chi connectivity index (χ1v) is 7.67. The smallest absolute Gasteiger partial charge is 0.257 e. The molecular formula is C17H19FN2O3. The Morgan fingerprint density at radius 3 is 2.65 bits per heavy atom. The Balaban J connectivity index is 1.86. The summed E-state index contributed by atoms with van der Waals surface area (Å²) < 4.78 is 24.0. The van der Waals surface area contributed by atoms with Crippen molar-refractivity contribution in [2.45, 2.75) is 38.8 Å². The molecule has 0 unspecified atom stereocenters. The minimum Gasteiger partial charge on any atom is -0.376 e. The highest BCUT2D eigenvalue weighted by Crippen LogP contribution is 2.28. The van der Waals surface area contributed by atoms with Gasteiger partial charge in [0.25, 0.3) is 5.91 Å². The average molecular weight is 318 g/mol. The first kappa shape index (κ1) is 15.7. The summed E-state index contributed by atoms with van der Waals surface area (Å²) in [7, 11) is 0. The van der Waals surface area contributed by atoms with Gasteiger partial charge in [-0.25, -0.2) is 4.39 Å². The van der Waals surface area contributed by atoms with E-state index in [1.807, 2.05) is 0 Å². The van der Waals surface area contributed by atoms with Crippen LogP contribution in [0.15, 0.2) is 28.8 Å². The largest absolute Gasteiger partial charge is 0.376 e. The lowest BCUT2D eigenvalue weighted by atomic mass is 9.98. The van der Waals surface area contributed by atoms with Crippen molar-refractivity contribution in [3.8, 4) is 0 Å². The van der Waals surface area contributed by atoms with E-state index < -0.39 is 0 Å². The second-order valence-electron chi connectivity index (χ2n) is 5.75. The van der Waals surface area contributed by atoms with E-state index >= 15 is 0 Å². The first-order valence-electron chi connectivity index (χ1n) is 7.67. The standard InChI is InChI=1S/C17H19FN2O3/c1-10-15(11(2)23-20-10)17(21)19-16(14-4-3-9-22-14)12-5-7-13(18)8-6-12/h5-8,14,16H,3-4,9H2,1-2H3,(H,19,21)/t14-,16-/m1/s1. The molecule has 0 radical (unpaired) electrons. The van der Waals surface area contributed by atoms with Crippen LogP contribution < -0.4 is 5.32 Å². The third-order valence-corrected chi connectivity index (χ3v) is 4.11. The van der Waals surface area contributed by atoms with Gasteiger partial charge >= 0.3 is 0 Å². The van der Waals surface area contributed by atoms with E-state index in [-0.39, 0.29) is 23.9 Å². The van der Waals surface area contributed by atoms with Gasteiger partial charge in [0.15, 0.2) is 0 Å². The average Bonchev–Trinajstić information content (AvgIpc) is 3.16. The van der Waals surface area contributed by atoms with E-state index in [0.717, 1.165) is 18.4 Å². The number of nitrogens with one attached hydrogen (secondary N) is 1. The van der Waals surface area contributed by atoms with E-state index in [1.165, 1.54) is 12.1 Å². The summed E-state index contributed by atoms with van der Waals surface area (Å²) in [6.07, 6.45) is 1.68. The highest BCUT2D eigenvalue weighted by molar-refractivity contribution is 5.96. The van der Waals surface area contributed by atoms with Crippen molar-refractivity contribution in [3.63, 3.8) is 0 Å². The van der Waals surface area contributed by atoms with Crippen molar-refractivity contribution < 1.29 is 18.4 Å². The Labute approximate surface area is 133 Å². The van der Waals surface area contributed by atoms with Gasteiger partial charge in [-0.15, -0.1) is 0 Å². The first-order chi connectivity index (χ1) is 11.1. The molecule has 1 aliphatic rings. The quantitative estimate of drug-likeness (QED) is 0.941. The molecule has 0 bridgehead atoms. The Bertz CT molecular complexity index is 671. The van der Waals surface area contributed by atoms with Crippen molar-refractivity contribution >= 4 is 5.91 Å². The van der Waals surface area contributed by atoms with E-state index in [0.29, 0.717) is 23.6 Å². The van der Waals surface area contributed by atoms with Gasteiger partial charge in [0.1, 0.15) is 17.1 Å². The highest BCUT2D eigenvalue weighted by atomic mass is 19.1. The Morgan fingerprint density at radius 1 is 1.35 bits per heavy atom. The van der Waals surface area contributed by atoms with E-state index in [9.17, 15) is 9.18 Å². The molecule has 1 aromatic carbocycles. The monoisotopic (exact) mass is 318 g/mol. The molecule has 23 heavy (non-hydrogen) atoms. The summed E-state index contributed by atoms with van der Waals surface area (Å²) in [6.45, 7) is 4.10. The minimum absolute atomic E-state index is 0.120. The van der Waals surface area contributed by atoms with Crippen molar-refractivity contribution in [1.82, 2.24) is 10.5 Å². The second-order valence-corrected chi connectivity index (χ2v) is 5.75. The summed E-state index contributed by atoms with van der Waals surface area (Å²) in [5.74, 6) is -0.0897. The van der Waals surface area contributed by atoms with Crippen LogP contribution in [0.3, 0.4) is 0 Å². The van der Waals surface area contributed by atoms with Crippen molar-refractivity contribution in [1.29, 1.82) is 0 Å². The number of benzene rings is 1. The zero-order chi connectivity index (χ0) is 16.4. The van der Waals surface area contributed by atoms with Crippen LogP contribution in [0.2, 0.25) is 0 Å². The van der Waals surface area contributed by atoms with Crippen molar-refractivity contribution in [3.05, 3.63) is 52.7 Å². The molecule has 1 aromatic heterocycles. The van der Waals surface area contributed by atoms with Crippen LogP contribution in [-0.4, -0.2) is 23.8 Å². The number of aromatic nitrogens is 1. The normalized spacial score (nSPS) is 18.8. The summed E-state index contributed by atoms with van der Waals surface area (Å²) in [6, 6.07) is 5.79. The summed E-state index contributed by atoms with van der Waals surface area (Å²) in [5, 5.41) is 6.80. The maximum absolute atomic E-state index is 13.2. The fourth-order valence-corrected chi connectivity index (χ4v) is 2.95. The summed E-state index contributed by atoms with van der Waals surface area (Å²) in [5.41, 5.74) is 1.80. The maximum atomic E-state index is 13.2. The predicted octanol–water partition coefficient (Wildman–Crippen LogP) is 3.08. The number of rotatable bonds is 4. The predicted molar refractivity (Wildman–Crippen MR) is 81.6 cm³/mol. The molecule has 1 aliphatic heterocycles. The molecule has 0 aliphatic carbocycles. The number of nitrogens with zero attached hydrogens (tertiary/aromatic N) is 1. The van der Waals surface area contributed by atoms with Gasteiger partial charge in [-0.1, -0.05) is 17.3 Å². The molecular weight excluding hydrogens is 299 g/mol. The number of carbonyl (C=O) groups is 1. The highest BCUT2D eigenvalue weighted by Gasteiger charge is 2.30. The maximum Gasteiger partial charge on any atom is 0.257 e. The number of hydrogen-bond acceptors (Lipinski definition) is 4. The van der Waals surface area contributed by atoms with Gasteiger partial charge in [0.2, 0.25) is 0 Å². The Kier molecular flexibility index (Phi) is 4.43. The van der Waals surface area contributed by atoms with Crippen LogP contribution in [0.25, 0.3) is 0 Å². The fourth-order valence-electron chi connectivity index (χ4n) is 2.95. The molecule has 1 amide bonds. The molecule has 122 valence electrons. The van der Waals surface area contributed by atoms with Crippen LogP contribution in [0.5, 0.6) is 0 Å². The summed E-state index contributed by atoms with van der Waals surface area (Å²) in [4.78, 5) is 12.6. The number of amides is 1. The number of hydrogen-bond donors (Lipinski definition) is 1. The van der Waals surface area contributed by atoms with Gasteiger partial charge in [-0.3, -0.25) is 4.79 Å². The molecule has 1 saturated heterocycles. The number of aryl methyl sites for hydroxylation is 2. The lowest BCUT2D eigenvalue weighted by molar-refractivity contribution is 0.0671. The SMILES string of the molecule is Cc1noc(C)c1C(=O)N[C@H](c1ccc(F)cc1)[C@H]1CCCO1. The van der Waals surface area contributed by atoms with E-state index in [4.69, 9.17) is 9.26 Å². The molecule has 0 spiro atoms. The van der Waals surface area contributed by atoms with Gasteiger partial charge < -0.3 is 14.6 Å². The molecule has 2 aromatic rings. The zero-order valence-corrected chi connectivity index (χ0v) is 13.1. The molecule has 1 fully saturated rings. The number of ether oxygens (including phenoxy) is 1. The third-order valence-electron chi connectivity index (χ3n) is 4.11. The fraction of sp³-hybridized carbons (Fsp3) is 0.412.